The zero-order valence-electron chi connectivity index (χ0n) is 49.8. The van der Waals surface area contributed by atoms with E-state index in [4.69, 9.17) is 122 Å². The minimum Gasteiger partial charge on any atom is -0.394 e. The zero-order valence-corrected chi connectivity index (χ0v) is 49.8. The minimum absolute atomic E-state index is 0. The molecule has 7 aliphatic heterocycles. The first-order valence-electron chi connectivity index (χ1n) is 28.0. The second-order valence-electron chi connectivity index (χ2n) is 21.4. The van der Waals surface area contributed by atoms with Gasteiger partial charge in [0.05, 0.1) is 58.3 Å². The summed E-state index contributed by atoms with van der Waals surface area (Å²) in [6, 6.07) is -5.37. The fourth-order valence-electron chi connectivity index (χ4n) is 8.86. The van der Waals surface area contributed by atoms with Gasteiger partial charge >= 0.3 is 0 Å². The second kappa shape index (κ2) is 73.2. The van der Waals surface area contributed by atoms with Crippen LogP contribution in [-0.4, -0.2) is 432 Å². The van der Waals surface area contributed by atoms with Gasteiger partial charge in [-0.1, -0.05) is 134 Å². The summed E-state index contributed by atoms with van der Waals surface area (Å²) in [5.41, 5.74) is 10.5. The number of hydrogen-bond donors (Lipinski definition) is 35. The van der Waals surface area contributed by atoms with Gasteiger partial charge in [0.15, 0.2) is 44.0 Å². The third kappa shape index (κ3) is 44.3. The quantitative estimate of drug-likeness (QED) is 0.0966. The first-order valence-corrected chi connectivity index (χ1v) is 28.0. The second-order valence-corrected chi connectivity index (χ2v) is 21.4. The van der Waals surface area contributed by atoms with E-state index in [2.05, 4.69) is 25.4 Å². The van der Waals surface area contributed by atoms with E-state index in [1.807, 2.05) is 0 Å². The number of rotatable bonds is 10. The molecule has 7 saturated heterocycles. The van der Waals surface area contributed by atoms with Crippen LogP contribution in [0.2, 0.25) is 0 Å². The largest absolute Gasteiger partial charge is 0.394 e. The number of aliphatic hydroxyl groups excluding tert-OH is 30. The molecule has 45 nitrogen and oxygen atoms in total. The number of amides is 3. The molecular weight excluding hydrogens is 1500 g/mol. The molecule has 0 bridgehead atoms. The Labute approximate surface area is 659 Å². The van der Waals surface area contributed by atoms with E-state index in [0.29, 0.717) is 0 Å². The van der Waals surface area contributed by atoms with Gasteiger partial charge in [0.1, 0.15) is 159 Å². The highest BCUT2D eigenvalue weighted by molar-refractivity contribution is 5.74. The highest BCUT2D eigenvalue weighted by Gasteiger charge is 2.49. The van der Waals surface area contributed by atoms with Gasteiger partial charge < -0.3 is 214 Å². The Balaban J connectivity index is -0.0000000554. The van der Waals surface area contributed by atoms with Gasteiger partial charge in [0.25, 0.3) is 0 Å². The summed E-state index contributed by atoms with van der Waals surface area (Å²) in [5.74, 6) is -1.39. The Morgan fingerprint density at radius 2 is 0.351 bits per heavy atom. The normalized spacial score (nSPS) is 38.0. The van der Waals surface area contributed by atoms with Crippen LogP contribution in [0.4, 0.5) is 0 Å². The summed E-state index contributed by atoms with van der Waals surface area (Å²) in [4.78, 5) is 32.2. The molecule has 0 aromatic carbocycles. The van der Waals surface area contributed by atoms with Gasteiger partial charge in [-0.3, -0.25) is 14.4 Å². The molecule has 0 aromatic heterocycles. The molecular formula is C66H167N5O40. The third-order valence-corrected chi connectivity index (χ3v) is 14.4. The highest BCUT2D eigenvalue weighted by atomic mass is 16.7. The van der Waals surface area contributed by atoms with Crippen molar-refractivity contribution < 1.29 is 201 Å². The Kier molecular flexibility index (Phi) is 101. The van der Waals surface area contributed by atoms with Crippen molar-refractivity contribution in [2.75, 3.05) is 46.2 Å². The van der Waals surface area contributed by atoms with Crippen LogP contribution in [0.5, 0.6) is 0 Å². The maximum atomic E-state index is 10.7. The molecule has 111 heavy (non-hydrogen) atoms. The summed E-state index contributed by atoms with van der Waals surface area (Å²) in [6.45, 7) is 0.0676. The molecule has 0 aromatic rings. The molecule has 37 N–H and O–H groups in total. The van der Waals surface area contributed by atoms with Crippen LogP contribution in [0.15, 0.2) is 0 Å². The molecule has 35 atom stereocenters. The molecule has 7 aliphatic rings. The number of ether oxygens (including phenoxy) is 7. The average Bonchev–Trinajstić information content (AvgIpc) is 0.841. The van der Waals surface area contributed by atoms with Crippen molar-refractivity contribution in [1.82, 2.24) is 16.0 Å². The molecule has 7 fully saturated rings. The van der Waals surface area contributed by atoms with Gasteiger partial charge in [-0.15, -0.1) is 0 Å². The van der Waals surface area contributed by atoms with E-state index in [0.717, 1.165) is 0 Å². The molecule has 0 saturated carbocycles. The Morgan fingerprint density at radius 1 is 0.216 bits per heavy atom. The lowest BCUT2D eigenvalue weighted by Crippen LogP contribution is -2.63. The first-order chi connectivity index (χ1) is 43.2. The highest BCUT2D eigenvalue weighted by Crippen LogP contribution is 2.25. The molecule has 0 radical (unpaired) electrons. The third-order valence-electron chi connectivity index (χ3n) is 14.4. The van der Waals surface area contributed by atoms with Crippen LogP contribution in [0.25, 0.3) is 0 Å². The summed E-state index contributed by atoms with van der Waals surface area (Å²) in [5, 5.41) is 280. The van der Waals surface area contributed by atoms with Gasteiger partial charge in [-0.05, 0) is 0 Å². The van der Waals surface area contributed by atoms with E-state index in [1.54, 1.807) is 0 Å². The minimum atomic E-state index is -1.57. The first kappa shape index (κ1) is 153. The van der Waals surface area contributed by atoms with Crippen molar-refractivity contribution in [3.8, 4) is 0 Å². The summed E-state index contributed by atoms with van der Waals surface area (Å²) in [6.07, 6.45) is -39.5. The van der Waals surface area contributed by atoms with Gasteiger partial charge in [0.2, 0.25) is 17.7 Å². The fourth-order valence-corrected chi connectivity index (χ4v) is 8.86. The summed E-state index contributed by atoms with van der Waals surface area (Å²) < 4.78 is 33.0. The molecule has 45 heteroatoms. The van der Waals surface area contributed by atoms with Crippen molar-refractivity contribution in [3.63, 3.8) is 0 Å². The number of carbonyl (C=O) groups excluding carboxylic acids is 3. The molecule has 7 heterocycles. The van der Waals surface area contributed by atoms with Crippen LogP contribution in [0.3, 0.4) is 0 Å². The Bertz CT molecular complexity index is 1850. The number of nitrogens with two attached hydrogens (primary N) is 2. The van der Waals surface area contributed by atoms with Gasteiger partial charge in [-0.2, -0.15) is 0 Å². The van der Waals surface area contributed by atoms with E-state index < -0.39 is 279 Å². The van der Waals surface area contributed by atoms with Crippen LogP contribution < -0.4 is 27.4 Å². The van der Waals surface area contributed by atoms with E-state index in [9.17, 15) is 80.8 Å². The lowest BCUT2D eigenvalue weighted by atomic mass is 9.97. The average molecular weight is 1670 g/mol. The van der Waals surface area contributed by atoms with Crippen LogP contribution in [0, 0.1) is 0 Å². The topological polar surface area (TPSA) is 811 Å². The molecule has 14 unspecified atom stereocenters. The van der Waals surface area contributed by atoms with E-state index in [-0.39, 0.29) is 134 Å². The molecule has 696 valence electrons. The van der Waals surface area contributed by atoms with Gasteiger partial charge in [-0.25, -0.2) is 0 Å². The number of hydrogen-bond acceptors (Lipinski definition) is 42. The smallest absolute Gasteiger partial charge is 0.217 e. The summed E-state index contributed by atoms with van der Waals surface area (Å²) in [7, 11) is 0. The maximum absolute atomic E-state index is 10.7. The van der Waals surface area contributed by atoms with Gasteiger partial charge in [0, 0.05) is 20.8 Å². The molecule has 3 amide bonds. The zero-order chi connectivity index (χ0) is 72.0. The van der Waals surface area contributed by atoms with Crippen molar-refractivity contribution in [2.24, 2.45) is 11.5 Å². The maximum Gasteiger partial charge on any atom is 0.217 e. The number of aliphatic hydroxyl groups is 30. The molecule has 7 rings (SSSR count). The predicted octanol–water partition coefficient (Wildman–Crippen LogP) is -10.7. The van der Waals surface area contributed by atoms with Crippen molar-refractivity contribution >= 4 is 17.7 Å². The monoisotopic (exact) mass is 1670 g/mol. The Hall–Kier alpha value is -3.15. The lowest BCUT2D eigenvalue weighted by molar-refractivity contribution is -0.286. The van der Waals surface area contributed by atoms with Crippen LogP contribution in [0.1, 0.15) is 154 Å². The number of nitrogens with one attached hydrogen (secondary N) is 3. The van der Waals surface area contributed by atoms with E-state index in [1.165, 1.54) is 20.8 Å². The van der Waals surface area contributed by atoms with Crippen LogP contribution >= 0.6 is 0 Å². The van der Waals surface area contributed by atoms with E-state index >= 15 is 0 Å². The standard InChI is InChI=1S/3C8H15NO6.2C6H13NO5.2C6H12O6.18CH4/c3*1-3(11)9-5-7(13)6(12)4(2-10)15-8(5)14;2*7-3-5(10)4(9)2(1-8)12-6(3)11;2*7-1-2-3(8)4(9)5(10)6(11)12-2;;;;;;;;;;;;;;;;;;/h3*4-8,10,12-14H,2H2,1H3,(H,9,11);2*2-6,8-11H,1,7H2;2*2-11H,1H2;18*1H4/t4?,5?,6-,7+,8+;4?,5?,6-,7+,8-;4?,5?,6-,7-,8-;2?,3?,4-,5+,6+;2?,3?,4-,5+,6-;2?,3-,4-,5?,6+;2?,3-,4-,5?,6-;;;;;;;;;;;;;;;;;;/m0010000................../s1. The fraction of sp³-hybridized carbons (Fsp3) is 0.955. The van der Waals surface area contributed by atoms with Crippen molar-refractivity contribution in [1.29, 1.82) is 0 Å². The molecule has 0 aliphatic carbocycles. The van der Waals surface area contributed by atoms with Crippen molar-refractivity contribution in [3.05, 3.63) is 0 Å². The number of carbonyl (C=O) groups is 3. The van der Waals surface area contributed by atoms with Crippen LogP contribution in [-0.2, 0) is 47.5 Å². The molecule has 0 spiro atoms. The Morgan fingerprint density at radius 3 is 0.505 bits per heavy atom. The van der Waals surface area contributed by atoms with Crippen molar-refractivity contribution in [2.45, 2.75) is 369 Å². The predicted molar refractivity (Wildman–Crippen MR) is 412 cm³/mol. The SMILES string of the molecule is C.C.C.C.C.C.C.C.C.C.C.C.C.C.C.C.C.C.CC(=O)NC1[C@@H](O)[C@@H](O)C(CO)O[C@@H]1O.CC(=O)NC1[C@H](O)OC(CO)[C@@H](O)[C@@H]1O.CC(=O)NC1[C@H](O)OC(CO)[C@H](O)[C@@H]1O.NC1[C@@H](O)[C@@H](O)C(CO)O[C@@H]1O.NC1[C@H](O)OC(CO)[C@H](O)[C@@H]1O.OCC1O[C@@H](O)C(O)[C@@H](O)[C@H]1O.OCC1O[C@H](O)C(O)[C@@H](O)[C@H]1O. The summed E-state index contributed by atoms with van der Waals surface area (Å²) >= 11 is 0. The lowest BCUT2D eigenvalue weighted by Gasteiger charge is -2.40.